The van der Waals surface area contributed by atoms with Crippen LogP contribution in [0.4, 0.5) is 10.1 Å². The van der Waals surface area contributed by atoms with Gasteiger partial charge in [-0.2, -0.15) is 0 Å². The minimum Gasteiger partial charge on any atom is -0.371 e. The minimum absolute atomic E-state index is 0. The van der Waals surface area contributed by atoms with Crippen molar-refractivity contribution in [2.24, 2.45) is 4.99 Å². The average molecular weight is 504 g/mol. The minimum atomic E-state index is -0.171. The van der Waals surface area contributed by atoms with Crippen molar-refractivity contribution in [3.05, 3.63) is 30.1 Å². The van der Waals surface area contributed by atoms with Crippen LogP contribution in [0.2, 0.25) is 0 Å². The van der Waals surface area contributed by atoms with Gasteiger partial charge in [-0.25, -0.2) is 4.39 Å². The van der Waals surface area contributed by atoms with Crippen LogP contribution in [0.15, 0.2) is 29.3 Å². The van der Waals surface area contributed by atoms with Crippen molar-refractivity contribution in [2.75, 3.05) is 65.3 Å². The van der Waals surface area contributed by atoms with E-state index in [1.165, 1.54) is 6.07 Å². The average Bonchev–Trinajstić information content (AvgIpc) is 2.68. The first-order valence-electron chi connectivity index (χ1n) is 9.91. The summed E-state index contributed by atoms with van der Waals surface area (Å²) in [6.07, 6.45) is 2.03. The van der Waals surface area contributed by atoms with E-state index in [9.17, 15) is 4.39 Å². The molecule has 0 amide bonds. The van der Waals surface area contributed by atoms with E-state index < -0.39 is 0 Å². The number of benzene rings is 1. The number of rotatable bonds is 4. The Bertz CT molecular complexity index is 635. The second-order valence-electron chi connectivity index (χ2n) is 7.74. The molecular weight excluding hydrogens is 470 g/mol. The summed E-state index contributed by atoms with van der Waals surface area (Å²) in [5.41, 5.74) is 0.973. The van der Waals surface area contributed by atoms with E-state index in [1.54, 1.807) is 12.1 Å². The number of nitrogens with one attached hydrogen (secondary N) is 2. The smallest absolute Gasteiger partial charge is 0.191 e. The highest BCUT2D eigenvalue weighted by Crippen LogP contribution is 2.20. The highest BCUT2D eigenvalue weighted by atomic mass is 127. The number of piperazine rings is 1. The first-order chi connectivity index (χ1) is 13.0. The highest BCUT2D eigenvalue weighted by molar-refractivity contribution is 14.0. The number of anilines is 1. The molecule has 0 radical (unpaired) electrons. The van der Waals surface area contributed by atoms with Crippen LogP contribution in [-0.4, -0.2) is 88.3 Å². The van der Waals surface area contributed by atoms with Crippen molar-refractivity contribution in [3.63, 3.8) is 0 Å². The van der Waals surface area contributed by atoms with E-state index >= 15 is 0 Å². The molecule has 1 unspecified atom stereocenters. The van der Waals surface area contributed by atoms with Gasteiger partial charge in [0.15, 0.2) is 5.96 Å². The number of hydrogen-bond acceptors (Lipinski definition) is 4. The molecule has 2 aliphatic heterocycles. The van der Waals surface area contributed by atoms with Gasteiger partial charge in [0, 0.05) is 64.1 Å². The van der Waals surface area contributed by atoms with Crippen LogP contribution in [0.3, 0.4) is 0 Å². The Hall–Kier alpha value is -1.13. The molecule has 0 bridgehead atoms. The van der Waals surface area contributed by atoms with Crippen LogP contribution in [0.1, 0.15) is 12.8 Å². The Kier molecular flexibility index (Phi) is 9.23. The van der Waals surface area contributed by atoms with E-state index in [0.717, 1.165) is 63.8 Å². The van der Waals surface area contributed by atoms with Gasteiger partial charge in [-0.15, -0.1) is 24.0 Å². The van der Waals surface area contributed by atoms with Gasteiger partial charge in [0.1, 0.15) is 5.82 Å². The Morgan fingerprint density at radius 1 is 1.18 bits per heavy atom. The number of guanidine groups is 1. The summed E-state index contributed by atoms with van der Waals surface area (Å²) in [6.45, 7) is 6.05. The van der Waals surface area contributed by atoms with Crippen molar-refractivity contribution in [1.29, 1.82) is 0 Å². The molecule has 2 heterocycles. The Balaban J connectivity index is 0.00000280. The summed E-state index contributed by atoms with van der Waals surface area (Å²) in [4.78, 5) is 11.4. The topological polar surface area (TPSA) is 46.1 Å². The number of piperidine rings is 1. The van der Waals surface area contributed by atoms with E-state index in [4.69, 9.17) is 0 Å². The van der Waals surface area contributed by atoms with Gasteiger partial charge in [-0.05, 0) is 45.1 Å². The molecule has 2 N–H and O–H groups in total. The molecule has 3 rings (SSSR count). The van der Waals surface area contributed by atoms with Gasteiger partial charge >= 0.3 is 0 Å². The molecule has 158 valence electrons. The van der Waals surface area contributed by atoms with E-state index in [2.05, 4.69) is 44.4 Å². The first kappa shape index (κ1) is 23.2. The largest absolute Gasteiger partial charge is 0.371 e. The van der Waals surface area contributed by atoms with Crippen molar-refractivity contribution < 1.29 is 4.39 Å². The second kappa shape index (κ2) is 11.2. The molecule has 0 spiro atoms. The van der Waals surface area contributed by atoms with Crippen molar-refractivity contribution in [3.8, 4) is 0 Å². The Morgan fingerprint density at radius 3 is 2.61 bits per heavy atom. The highest BCUT2D eigenvalue weighted by Gasteiger charge is 2.23. The monoisotopic (exact) mass is 504 g/mol. The third-order valence-corrected chi connectivity index (χ3v) is 5.72. The number of nitrogens with zero attached hydrogens (tertiary/aromatic N) is 4. The fourth-order valence-corrected chi connectivity index (χ4v) is 3.88. The molecule has 1 aromatic rings. The van der Waals surface area contributed by atoms with Crippen LogP contribution in [0.5, 0.6) is 0 Å². The fraction of sp³-hybridized carbons (Fsp3) is 0.650. The van der Waals surface area contributed by atoms with Crippen molar-refractivity contribution in [1.82, 2.24) is 20.4 Å². The molecule has 28 heavy (non-hydrogen) atoms. The van der Waals surface area contributed by atoms with Gasteiger partial charge in [0.25, 0.3) is 0 Å². The lowest BCUT2D eigenvalue weighted by atomic mass is 10.0. The summed E-state index contributed by atoms with van der Waals surface area (Å²) in [7, 11) is 6.20. The lowest BCUT2D eigenvalue weighted by molar-refractivity contribution is 0.116. The maximum atomic E-state index is 13.4. The predicted molar refractivity (Wildman–Crippen MR) is 125 cm³/mol. The Morgan fingerprint density at radius 2 is 1.93 bits per heavy atom. The zero-order valence-electron chi connectivity index (χ0n) is 17.2. The van der Waals surface area contributed by atoms with Gasteiger partial charge in [0.2, 0.25) is 0 Å². The zero-order chi connectivity index (χ0) is 19.2. The quantitative estimate of drug-likeness (QED) is 0.372. The summed E-state index contributed by atoms with van der Waals surface area (Å²) >= 11 is 0. The molecule has 6 nitrogen and oxygen atoms in total. The van der Waals surface area contributed by atoms with Gasteiger partial charge in [-0.3, -0.25) is 9.89 Å². The van der Waals surface area contributed by atoms with Gasteiger partial charge < -0.3 is 20.4 Å². The molecule has 2 aliphatic rings. The number of halogens is 2. The van der Waals surface area contributed by atoms with E-state index in [0.29, 0.717) is 12.1 Å². The summed E-state index contributed by atoms with van der Waals surface area (Å²) in [5, 5.41) is 7.06. The van der Waals surface area contributed by atoms with Crippen LogP contribution in [0.25, 0.3) is 0 Å². The second-order valence-corrected chi connectivity index (χ2v) is 7.74. The summed E-state index contributed by atoms with van der Waals surface area (Å²) in [5.74, 6) is 0.705. The molecule has 0 aromatic heterocycles. The lowest BCUT2D eigenvalue weighted by Crippen LogP contribution is -2.56. The summed E-state index contributed by atoms with van der Waals surface area (Å²) < 4.78 is 13.4. The first-order valence-corrected chi connectivity index (χ1v) is 9.91. The molecule has 0 saturated carbocycles. The molecule has 8 heteroatoms. The SMILES string of the molecule is CN=C(NCC1CN(C)CCN1C)NC1CCN(c2cccc(F)c2)CC1.I. The molecule has 2 saturated heterocycles. The Labute approximate surface area is 185 Å². The maximum absolute atomic E-state index is 13.4. The molecule has 1 aromatic carbocycles. The van der Waals surface area contributed by atoms with Crippen LogP contribution in [-0.2, 0) is 0 Å². The van der Waals surface area contributed by atoms with Crippen LogP contribution >= 0.6 is 24.0 Å². The van der Waals surface area contributed by atoms with Gasteiger partial charge in [0.05, 0.1) is 0 Å². The van der Waals surface area contributed by atoms with E-state index in [-0.39, 0.29) is 29.8 Å². The lowest BCUT2D eigenvalue weighted by Gasteiger charge is -2.38. The van der Waals surface area contributed by atoms with E-state index in [1.807, 2.05) is 13.1 Å². The molecule has 1 atom stereocenters. The molecular formula is C20H34FIN6. The third-order valence-electron chi connectivity index (χ3n) is 5.72. The van der Waals surface area contributed by atoms with Crippen molar-refractivity contribution >= 4 is 35.6 Å². The molecule has 2 fully saturated rings. The number of hydrogen-bond donors (Lipinski definition) is 2. The fourth-order valence-electron chi connectivity index (χ4n) is 3.88. The zero-order valence-corrected chi connectivity index (χ0v) is 19.5. The predicted octanol–water partition coefficient (Wildman–Crippen LogP) is 1.82. The standard InChI is InChI=1S/C20H33FN6.HI/c1-22-20(23-14-19-15-25(2)11-12-26(19)3)24-17-7-9-27(10-8-17)18-6-4-5-16(21)13-18;/h4-6,13,17,19H,7-12,14-15H2,1-3H3,(H2,22,23,24);1H. The van der Waals surface area contributed by atoms with Crippen LogP contribution in [0, 0.1) is 5.82 Å². The number of likely N-dealkylation sites (N-methyl/N-ethyl adjacent to an activating group) is 2. The third kappa shape index (κ3) is 6.45. The summed E-state index contributed by atoms with van der Waals surface area (Å²) in [6, 6.07) is 7.76. The number of aliphatic imine (C=N–C) groups is 1. The van der Waals surface area contributed by atoms with Crippen LogP contribution < -0.4 is 15.5 Å². The molecule has 0 aliphatic carbocycles. The normalized spacial score (nSPS) is 22.6. The maximum Gasteiger partial charge on any atom is 0.191 e. The van der Waals surface area contributed by atoms with Gasteiger partial charge in [-0.1, -0.05) is 6.07 Å². The van der Waals surface area contributed by atoms with Crippen molar-refractivity contribution in [2.45, 2.75) is 24.9 Å².